The number of nitrogens with zero attached hydrogens (tertiary/aromatic N) is 2. The average molecular weight is 371 g/mol. The Kier molecular flexibility index (Phi) is 4.32. The van der Waals surface area contributed by atoms with Crippen molar-refractivity contribution in [1.82, 2.24) is 9.55 Å². The van der Waals surface area contributed by atoms with E-state index in [4.69, 9.17) is 23.2 Å². The Morgan fingerprint density at radius 2 is 1.29 bits per heavy atom. The van der Waals surface area contributed by atoms with E-state index >= 15 is 0 Å². The van der Waals surface area contributed by atoms with Crippen LogP contribution in [0.3, 0.4) is 0 Å². The number of rotatable bonds is 4. The van der Waals surface area contributed by atoms with Gasteiger partial charge in [-0.05, 0) is 0 Å². The van der Waals surface area contributed by atoms with Crippen LogP contribution in [0, 0.1) is 0 Å². The fourth-order valence-corrected chi connectivity index (χ4v) is 2.56. The molecule has 1 aromatic heterocycles. The second-order valence-corrected chi connectivity index (χ2v) is 6.32. The summed E-state index contributed by atoms with van der Waals surface area (Å²) in [7, 11) is 0. The molecule has 124 valence electrons. The number of alkyl halides is 5. The molecule has 0 bridgehead atoms. The molecular weight excluding hydrogens is 360 g/mol. The Bertz CT molecular complexity index is 828. The highest BCUT2D eigenvalue weighted by molar-refractivity contribution is 6.47. The highest BCUT2D eigenvalue weighted by Gasteiger charge is 2.56. The summed E-state index contributed by atoms with van der Waals surface area (Å²) in [5, 5.41) is 0. The lowest BCUT2D eigenvalue weighted by Crippen LogP contribution is -2.38. The van der Waals surface area contributed by atoms with Gasteiger partial charge in [0.15, 0.2) is 0 Å². The van der Waals surface area contributed by atoms with Crippen LogP contribution in [0.25, 0.3) is 22.5 Å². The Morgan fingerprint density at radius 3 is 1.79 bits per heavy atom. The summed E-state index contributed by atoms with van der Waals surface area (Å²) in [6.07, 6.45) is 0.837. The van der Waals surface area contributed by atoms with Gasteiger partial charge in [0, 0.05) is 11.1 Å². The van der Waals surface area contributed by atoms with Gasteiger partial charge in [-0.3, -0.25) is 4.57 Å². The lowest BCUT2D eigenvalue weighted by molar-refractivity contribution is -0.131. The minimum Gasteiger partial charge on any atom is -0.265 e. The maximum absolute atomic E-state index is 14.4. The number of imidazole rings is 1. The van der Waals surface area contributed by atoms with Crippen molar-refractivity contribution in [3.8, 4) is 22.5 Å². The van der Waals surface area contributed by atoms with E-state index in [1.165, 1.54) is 0 Å². The third-order valence-electron chi connectivity index (χ3n) is 3.51. The molecule has 0 saturated carbocycles. The monoisotopic (exact) mass is 370 g/mol. The summed E-state index contributed by atoms with van der Waals surface area (Å²) in [4.78, 5) is 4.04. The van der Waals surface area contributed by atoms with E-state index in [-0.39, 0.29) is 11.4 Å². The maximum Gasteiger partial charge on any atom is 0.392 e. The van der Waals surface area contributed by atoms with Gasteiger partial charge in [-0.1, -0.05) is 83.9 Å². The fraction of sp³-hybridized carbons (Fsp3) is 0.118. The van der Waals surface area contributed by atoms with E-state index in [2.05, 4.69) is 4.98 Å². The van der Waals surface area contributed by atoms with Crippen LogP contribution >= 0.6 is 23.2 Å². The molecule has 0 atom stereocenters. The first-order valence-electron chi connectivity index (χ1n) is 6.95. The van der Waals surface area contributed by atoms with E-state index in [9.17, 15) is 13.2 Å². The molecule has 0 N–H and O–H groups in total. The molecule has 1 heterocycles. The number of hydrogen-bond donors (Lipinski definition) is 0. The molecule has 0 saturated heterocycles. The lowest BCUT2D eigenvalue weighted by atomic mass is 10.0. The molecule has 3 rings (SSSR count). The van der Waals surface area contributed by atoms with E-state index in [1.807, 2.05) is 0 Å². The van der Waals surface area contributed by atoms with Crippen LogP contribution in [0.2, 0.25) is 0 Å². The Morgan fingerprint density at radius 1 is 0.792 bits per heavy atom. The first-order chi connectivity index (χ1) is 11.3. The van der Waals surface area contributed by atoms with Gasteiger partial charge in [0.1, 0.15) is 6.33 Å². The molecule has 0 spiro atoms. The minimum atomic E-state index is -4.21. The summed E-state index contributed by atoms with van der Waals surface area (Å²) in [6, 6.07) is 12.9. The zero-order valence-electron chi connectivity index (χ0n) is 12.1. The van der Waals surface area contributed by atoms with Crippen molar-refractivity contribution in [3.05, 3.63) is 67.0 Å². The zero-order valence-corrected chi connectivity index (χ0v) is 13.6. The molecule has 3 aromatic rings. The molecule has 2 aromatic carbocycles. The quantitative estimate of drug-likeness (QED) is 0.525. The third kappa shape index (κ3) is 2.89. The molecule has 0 aliphatic heterocycles. The second kappa shape index (κ2) is 6.15. The number of hydrogen-bond acceptors (Lipinski definition) is 1. The molecule has 24 heavy (non-hydrogen) atoms. The standard InChI is InChI=1S/C17H11Cl2F3N2/c18-16(19,20)17(21,22)24-11-23-14(12-7-3-1-4-8-12)15(24)13-9-5-2-6-10-13/h1-11H. The molecule has 2 nitrogen and oxygen atoms in total. The van der Waals surface area contributed by atoms with Crippen LogP contribution in [-0.2, 0) is 6.05 Å². The van der Waals surface area contributed by atoms with Crippen LogP contribution < -0.4 is 0 Å². The van der Waals surface area contributed by atoms with Crippen LogP contribution in [0.4, 0.5) is 13.2 Å². The fourth-order valence-electron chi connectivity index (χ4n) is 2.38. The largest absolute Gasteiger partial charge is 0.392 e. The molecule has 0 fully saturated rings. The van der Waals surface area contributed by atoms with E-state index in [0.717, 1.165) is 6.33 Å². The first kappa shape index (κ1) is 16.9. The highest BCUT2D eigenvalue weighted by Crippen LogP contribution is 2.47. The molecule has 0 radical (unpaired) electrons. The van der Waals surface area contributed by atoms with Gasteiger partial charge in [0.05, 0.1) is 11.4 Å². The Hall–Kier alpha value is -1.98. The summed E-state index contributed by atoms with van der Waals surface area (Å²) in [5.41, 5.74) is 1.35. The van der Waals surface area contributed by atoms with Gasteiger partial charge < -0.3 is 0 Å². The van der Waals surface area contributed by atoms with E-state index in [1.54, 1.807) is 60.7 Å². The van der Waals surface area contributed by atoms with Crippen LogP contribution in [-0.4, -0.2) is 14.1 Å². The smallest absolute Gasteiger partial charge is 0.265 e. The van der Waals surface area contributed by atoms with Gasteiger partial charge in [0.25, 0.3) is 0 Å². The normalized spacial score (nSPS) is 12.4. The summed E-state index contributed by atoms with van der Waals surface area (Å²) in [5.74, 6) is 0. The zero-order chi connectivity index (χ0) is 17.4. The second-order valence-electron chi connectivity index (χ2n) is 5.08. The number of benzene rings is 2. The minimum absolute atomic E-state index is 0.0233. The molecule has 0 aliphatic rings. The molecular formula is C17H11Cl2F3N2. The lowest BCUT2D eigenvalue weighted by Gasteiger charge is -2.25. The van der Waals surface area contributed by atoms with E-state index in [0.29, 0.717) is 15.7 Å². The summed E-state index contributed by atoms with van der Waals surface area (Å²) >= 11 is 10.1. The molecule has 0 amide bonds. The topological polar surface area (TPSA) is 17.8 Å². The SMILES string of the molecule is FC(Cl)(Cl)C(F)(F)n1cnc(-c2ccccc2)c1-c1ccccc1. The summed E-state index contributed by atoms with van der Waals surface area (Å²) < 4.78 is 39.1. The number of aromatic nitrogens is 2. The van der Waals surface area contributed by atoms with Crippen molar-refractivity contribution >= 4 is 23.2 Å². The average Bonchev–Trinajstić information content (AvgIpc) is 3.01. The third-order valence-corrected chi connectivity index (χ3v) is 3.96. The molecule has 0 unspecified atom stereocenters. The van der Waals surface area contributed by atoms with Gasteiger partial charge in [-0.2, -0.15) is 13.2 Å². The highest BCUT2D eigenvalue weighted by atomic mass is 35.5. The van der Waals surface area contributed by atoms with Crippen molar-refractivity contribution in [2.24, 2.45) is 0 Å². The Balaban J connectivity index is 2.28. The van der Waals surface area contributed by atoms with Crippen molar-refractivity contribution in [3.63, 3.8) is 0 Å². The van der Waals surface area contributed by atoms with Crippen LogP contribution in [0.5, 0.6) is 0 Å². The maximum atomic E-state index is 14.4. The predicted octanol–water partition coefficient (Wildman–Crippen LogP) is 5.87. The van der Waals surface area contributed by atoms with Crippen LogP contribution in [0.1, 0.15) is 0 Å². The Labute approximate surface area is 146 Å². The molecule has 7 heteroatoms. The van der Waals surface area contributed by atoms with Gasteiger partial charge in [-0.25, -0.2) is 4.98 Å². The van der Waals surface area contributed by atoms with Gasteiger partial charge >= 0.3 is 10.6 Å². The predicted molar refractivity (Wildman–Crippen MR) is 88.8 cm³/mol. The summed E-state index contributed by atoms with van der Waals surface area (Å²) in [6.45, 7) is 0. The van der Waals surface area contributed by atoms with E-state index < -0.39 is 10.6 Å². The first-order valence-corrected chi connectivity index (χ1v) is 7.71. The van der Waals surface area contributed by atoms with Gasteiger partial charge in [-0.15, -0.1) is 0 Å². The van der Waals surface area contributed by atoms with Crippen LogP contribution in [0.15, 0.2) is 67.0 Å². The van der Waals surface area contributed by atoms with Crippen molar-refractivity contribution < 1.29 is 13.2 Å². The van der Waals surface area contributed by atoms with Crippen molar-refractivity contribution in [2.75, 3.05) is 0 Å². The van der Waals surface area contributed by atoms with Crippen molar-refractivity contribution in [1.29, 1.82) is 0 Å². The number of halogens is 5. The van der Waals surface area contributed by atoms with Gasteiger partial charge in [0.2, 0.25) is 0 Å². The van der Waals surface area contributed by atoms with Crippen molar-refractivity contribution in [2.45, 2.75) is 10.6 Å². The molecule has 0 aliphatic carbocycles.